The Kier molecular flexibility index (Phi) is 3.39. The van der Waals surface area contributed by atoms with E-state index in [0.29, 0.717) is 6.29 Å². The van der Waals surface area contributed by atoms with Crippen LogP contribution in [0.25, 0.3) is 0 Å². The maximum absolute atomic E-state index is 13.3. The van der Waals surface area contributed by atoms with Crippen LogP contribution in [-0.4, -0.2) is 13.4 Å². The quantitative estimate of drug-likeness (QED) is 0.704. The molecule has 1 aromatic carbocycles. The summed E-state index contributed by atoms with van der Waals surface area (Å²) in [4.78, 5) is 10.5. The fourth-order valence-electron chi connectivity index (χ4n) is 0.996. The van der Waals surface area contributed by atoms with E-state index in [4.69, 9.17) is 16.3 Å². The van der Waals surface area contributed by atoms with Gasteiger partial charge in [-0.3, -0.25) is 0 Å². The van der Waals surface area contributed by atoms with Crippen molar-refractivity contribution in [1.82, 2.24) is 0 Å². The molecule has 0 saturated carbocycles. The van der Waals surface area contributed by atoms with E-state index < -0.39 is 11.9 Å². The topological polar surface area (TPSA) is 26.3 Å². The summed E-state index contributed by atoms with van der Waals surface area (Å²) in [5.41, 5.74) is 0.157. The van der Waals surface area contributed by atoms with Gasteiger partial charge < -0.3 is 9.53 Å². The maximum atomic E-state index is 13.3. The molecule has 2 nitrogen and oxygen atoms in total. The van der Waals surface area contributed by atoms with Crippen molar-refractivity contribution >= 4 is 17.9 Å². The first-order valence-electron chi connectivity index (χ1n) is 3.62. The molecule has 0 heterocycles. The van der Waals surface area contributed by atoms with E-state index >= 15 is 0 Å². The van der Waals surface area contributed by atoms with Crippen molar-refractivity contribution < 1.29 is 13.9 Å². The number of ether oxygens (including phenoxy) is 1. The first-order valence-corrected chi connectivity index (χ1v) is 4.00. The predicted octanol–water partition coefficient (Wildman–Crippen LogP) is 2.37. The van der Waals surface area contributed by atoms with Crippen LogP contribution in [0.5, 0.6) is 0 Å². The van der Waals surface area contributed by atoms with Gasteiger partial charge in [0.05, 0.1) is 5.02 Å². The van der Waals surface area contributed by atoms with Gasteiger partial charge in [0.2, 0.25) is 0 Å². The summed E-state index contributed by atoms with van der Waals surface area (Å²) >= 11 is 5.53. The van der Waals surface area contributed by atoms with E-state index in [0.717, 1.165) is 0 Å². The summed E-state index contributed by atoms with van der Waals surface area (Å²) in [5, 5.41) is -0.0126. The standard InChI is InChI=1S/C9H8ClFO2/c1-13-8(5-12)6-3-2-4-7(10)9(6)11/h2-5,8H,1H3. The SMILES string of the molecule is COC(C=O)c1cccc(Cl)c1F. The van der Waals surface area contributed by atoms with Crippen LogP contribution >= 0.6 is 11.6 Å². The highest BCUT2D eigenvalue weighted by Crippen LogP contribution is 2.23. The molecule has 0 spiro atoms. The van der Waals surface area contributed by atoms with Gasteiger partial charge in [0, 0.05) is 12.7 Å². The lowest BCUT2D eigenvalue weighted by molar-refractivity contribution is -0.116. The Morgan fingerprint density at radius 1 is 1.62 bits per heavy atom. The number of benzene rings is 1. The van der Waals surface area contributed by atoms with Gasteiger partial charge in [0.1, 0.15) is 11.9 Å². The average Bonchev–Trinajstić information content (AvgIpc) is 2.14. The summed E-state index contributed by atoms with van der Waals surface area (Å²) in [6.07, 6.45) is -0.368. The van der Waals surface area contributed by atoms with E-state index in [1.165, 1.54) is 19.2 Å². The lowest BCUT2D eigenvalue weighted by atomic mass is 10.1. The van der Waals surface area contributed by atoms with Gasteiger partial charge in [-0.15, -0.1) is 0 Å². The molecule has 0 aliphatic heterocycles. The summed E-state index contributed by atoms with van der Waals surface area (Å²) < 4.78 is 18.0. The van der Waals surface area contributed by atoms with E-state index in [1.807, 2.05) is 0 Å². The molecular weight excluding hydrogens is 195 g/mol. The minimum Gasteiger partial charge on any atom is -0.369 e. The molecule has 0 aromatic heterocycles. The third-order valence-corrected chi connectivity index (χ3v) is 1.96. The maximum Gasteiger partial charge on any atom is 0.153 e. The molecule has 1 atom stereocenters. The second-order valence-corrected chi connectivity index (χ2v) is 2.84. The lowest BCUT2D eigenvalue weighted by Crippen LogP contribution is -2.05. The van der Waals surface area contributed by atoms with Crippen LogP contribution in [0.4, 0.5) is 4.39 Å². The molecule has 1 rings (SSSR count). The molecule has 0 aliphatic carbocycles. The Labute approximate surface area is 80.3 Å². The van der Waals surface area contributed by atoms with Crippen molar-refractivity contribution in [3.05, 3.63) is 34.6 Å². The molecule has 0 radical (unpaired) electrons. The molecule has 0 fully saturated rings. The monoisotopic (exact) mass is 202 g/mol. The number of aldehydes is 1. The van der Waals surface area contributed by atoms with Crippen molar-refractivity contribution in [3.8, 4) is 0 Å². The van der Waals surface area contributed by atoms with E-state index in [1.54, 1.807) is 6.07 Å². The van der Waals surface area contributed by atoms with Crippen molar-refractivity contribution in [3.63, 3.8) is 0 Å². The third kappa shape index (κ3) is 2.05. The highest BCUT2D eigenvalue weighted by molar-refractivity contribution is 6.30. The molecule has 0 bridgehead atoms. The van der Waals surface area contributed by atoms with Crippen molar-refractivity contribution in [1.29, 1.82) is 0 Å². The molecule has 4 heteroatoms. The van der Waals surface area contributed by atoms with E-state index in [2.05, 4.69) is 0 Å². The molecule has 0 saturated heterocycles. The first-order chi connectivity index (χ1) is 6.20. The summed E-state index contributed by atoms with van der Waals surface area (Å²) in [6.45, 7) is 0. The van der Waals surface area contributed by atoms with Gasteiger partial charge >= 0.3 is 0 Å². The second kappa shape index (κ2) is 4.35. The number of hydrogen-bond acceptors (Lipinski definition) is 2. The first kappa shape index (κ1) is 10.2. The molecule has 70 valence electrons. The van der Waals surface area contributed by atoms with Gasteiger partial charge in [-0.05, 0) is 6.07 Å². The van der Waals surface area contributed by atoms with Crippen molar-refractivity contribution in [2.45, 2.75) is 6.10 Å². The smallest absolute Gasteiger partial charge is 0.153 e. The fourth-order valence-corrected chi connectivity index (χ4v) is 1.18. The summed E-state index contributed by atoms with van der Waals surface area (Å²) in [7, 11) is 1.33. The van der Waals surface area contributed by atoms with Crippen LogP contribution in [0.1, 0.15) is 11.7 Å². The Balaban J connectivity index is 3.13. The van der Waals surface area contributed by atoms with Gasteiger partial charge in [-0.2, -0.15) is 0 Å². The zero-order valence-corrected chi connectivity index (χ0v) is 7.72. The predicted molar refractivity (Wildman–Crippen MR) is 47.2 cm³/mol. The Morgan fingerprint density at radius 2 is 2.31 bits per heavy atom. The van der Waals surface area contributed by atoms with Gasteiger partial charge in [-0.1, -0.05) is 23.7 Å². The van der Waals surface area contributed by atoms with Crippen LogP contribution in [-0.2, 0) is 9.53 Å². The van der Waals surface area contributed by atoms with Gasteiger partial charge in [0.15, 0.2) is 6.29 Å². The number of hydrogen-bond donors (Lipinski definition) is 0. The molecule has 13 heavy (non-hydrogen) atoms. The highest BCUT2D eigenvalue weighted by Gasteiger charge is 2.15. The fraction of sp³-hybridized carbons (Fsp3) is 0.222. The summed E-state index contributed by atoms with van der Waals surface area (Å²) in [6, 6.07) is 4.44. The molecule has 0 N–H and O–H groups in total. The molecular formula is C9H8ClFO2. The normalized spacial score (nSPS) is 12.5. The molecule has 1 unspecified atom stereocenters. The zero-order chi connectivity index (χ0) is 9.84. The van der Waals surface area contributed by atoms with E-state index in [-0.39, 0.29) is 10.6 Å². The number of methoxy groups -OCH3 is 1. The Bertz CT molecular complexity index is 314. The average molecular weight is 203 g/mol. The largest absolute Gasteiger partial charge is 0.369 e. The minimum absolute atomic E-state index is 0.0126. The number of halogens is 2. The number of rotatable bonds is 3. The summed E-state index contributed by atoms with van der Waals surface area (Å²) in [5.74, 6) is -0.608. The molecule has 0 aliphatic rings. The Morgan fingerprint density at radius 3 is 2.85 bits per heavy atom. The van der Waals surface area contributed by atoms with Crippen LogP contribution in [0.15, 0.2) is 18.2 Å². The van der Waals surface area contributed by atoms with E-state index in [9.17, 15) is 9.18 Å². The minimum atomic E-state index is -0.890. The highest BCUT2D eigenvalue weighted by atomic mass is 35.5. The number of carbonyl (C=O) groups excluding carboxylic acids is 1. The van der Waals surface area contributed by atoms with Crippen molar-refractivity contribution in [2.24, 2.45) is 0 Å². The lowest BCUT2D eigenvalue weighted by Gasteiger charge is -2.09. The number of carbonyl (C=O) groups is 1. The molecule has 0 amide bonds. The zero-order valence-electron chi connectivity index (χ0n) is 6.96. The van der Waals surface area contributed by atoms with Crippen LogP contribution in [0.2, 0.25) is 5.02 Å². The second-order valence-electron chi connectivity index (χ2n) is 2.44. The van der Waals surface area contributed by atoms with Crippen LogP contribution in [0, 0.1) is 5.82 Å². The van der Waals surface area contributed by atoms with Crippen molar-refractivity contribution in [2.75, 3.05) is 7.11 Å². The molecule has 1 aromatic rings. The van der Waals surface area contributed by atoms with Crippen LogP contribution < -0.4 is 0 Å². The van der Waals surface area contributed by atoms with Crippen LogP contribution in [0.3, 0.4) is 0 Å². The third-order valence-electron chi connectivity index (χ3n) is 1.67. The van der Waals surface area contributed by atoms with Gasteiger partial charge in [0.25, 0.3) is 0 Å². The Hall–Kier alpha value is -0.930. The van der Waals surface area contributed by atoms with Gasteiger partial charge in [-0.25, -0.2) is 4.39 Å².